The zero-order valence-corrected chi connectivity index (χ0v) is 23.5. The molecule has 2 bridgehead atoms. The molecule has 204 valence electrons. The lowest BCUT2D eigenvalue weighted by molar-refractivity contribution is -0.148. The number of amides is 1. The summed E-state index contributed by atoms with van der Waals surface area (Å²) in [4.78, 5) is 40.4. The first kappa shape index (κ1) is 27.9. The van der Waals surface area contributed by atoms with Crippen molar-refractivity contribution in [1.82, 2.24) is 0 Å². The Balaban J connectivity index is 1.65. The highest BCUT2D eigenvalue weighted by molar-refractivity contribution is 7.17. The lowest BCUT2D eigenvalue weighted by atomic mass is 9.78. The molecule has 1 aromatic rings. The van der Waals surface area contributed by atoms with Crippen molar-refractivity contribution in [2.45, 2.75) is 104 Å². The third-order valence-corrected chi connectivity index (χ3v) is 9.85. The number of carboxylic acids is 1. The van der Waals surface area contributed by atoms with Crippen LogP contribution >= 0.6 is 11.3 Å². The van der Waals surface area contributed by atoms with Gasteiger partial charge >= 0.3 is 11.9 Å². The van der Waals surface area contributed by atoms with Crippen LogP contribution in [0.15, 0.2) is 11.1 Å². The molecule has 0 spiro atoms. The van der Waals surface area contributed by atoms with Crippen LogP contribution in [0.25, 0.3) is 0 Å². The van der Waals surface area contributed by atoms with Crippen molar-refractivity contribution >= 4 is 34.2 Å². The summed E-state index contributed by atoms with van der Waals surface area (Å²) in [6, 6.07) is 0. The minimum atomic E-state index is -0.897. The highest BCUT2D eigenvalue weighted by Gasteiger charge is 2.57. The molecule has 2 fully saturated rings. The second-order valence-electron chi connectivity index (χ2n) is 11.2. The predicted molar refractivity (Wildman–Crippen MR) is 147 cm³/mol. The molecule has 3 aliphatic carbocycles. The molecule has 4 rings (SSSR count). The second kappa shape index (κ2) is 12.6. The van der Waals surface area contributed by atoms with Crippen LogP contribution in [-0.2, 0) is 27.2 Å². The van der Waals surface area contributed by atoms with E-state index in [0.29, 0.717) is 10.6 Å². The Morgan fingerprint density at radius 3 is 2.03 bits per heavy atom. The largest absolute Gasteiger partial charge is 0.481 e. The molecule has 6 nitrogen and oxygen atoms in total. The molecule has 1 amide bonds. The Hall–Kier alpha value is -2.15. The molecule has 0 radical (unpaired) electrons. The van der Waals surface area contributed by atoms with Gasteiger partial charge in [-0.15, -0.1) is 11.3 Å². The van der Waals surface area contributed by atoms with Gasteiger partial charge < -0.3 is 15.2 Å². The third kappa shape index (κ3) is 5.97. The number of nitrogens with one attached hydrogen (secondary N) is 1. The van der Waals surface area contributed by atoms with Gasteiger partial charge in [0, 0.05) is 4.88 Å². The van der Waals surface area contributed by atoms with Crippen LogP contribution in [-0.4, -0.2) is 29.6 Å². The Morgan fingerprint density at radius 1 is 0.892 bits per heavy atom. The van der Waals surface area contributed by atoms with Crippen LogP contribution in [0, 0.1) is 23.7 Å². The molecule has 1 heterocycles. The van der Waals surface area contributed by atoms with Crippen LogP contribution in [0.4, 0.5) is 5.00 Å². The van der Waals surface area contributed by atoms with Gasteiger partial charge in [0.2, 0.25) is 5.91 Å². The Kier molecular flexibility index (Phi) is 9.49. The van der Waals surface area contributed by atoms with Crippen molar-refractivity contribution in [3.05, 3.63) is 27.2 Å². The Labute approximate surface area is 225 Å². The van der Waals surface area contributed by atoms with Crippen LogP contribution in [0.5, 0.6) is 0 Å². The van der Waals surface area contributed by atoms with E-state index < -0.39 is 17.8 Å². The van der Waals surface area contributed by atoms with Crippen molar-refractivity contribution in [3.63, 3.8) is 0 Å². The molecule has 0 unspecified atom stereocenters. The number of carbonyl (C=O) groups excluding carboxylic acids is 2. The third-order valence-electron chi connectivity index (χ3n) is 8.64. The Bertz CT molecular complexity index is 1040. The van der Waals surface area contributed by atoms with Crippen LogP contribution < -0.4 is 5.32 Å². The normalized spacial score (nSPS) is 26.4. The number of hydrogen-bond donors (Lipinski definition) is 2. The molecule has 7 heteroatoms. The van der Waals surface area contributed by atoms with E-state index in [9.17, 15) is 19.5 Å². The highest BCUT2D eigenvalue weighted by atomic mass is 32.1. The number of esters is 1. The van der Waals surface area contributed by atoms with Gasteiger partial charge in [-0.1, -0.05) is 56.1 Å². The maximum Gasteiger partial charge on any atom is 0.341 e. The number of aliphatic carboxylic acids is 1. The van der Waals surface area contributed by atoms with Gasteiger partial charge in [-0.2, -0.15) is 0 Å². The van der Waals surface area contributed by atoms with Crippen LogP contribution in [0.1, 0.15) is 112 Å². The molecule has 37 heavy (non-hydrogen) atoms. The summed E-state index contributed by atoms with van der Waals surface area (Å²) in [6.07, 6.45) is 14.1. The number of carbonyl (C=O) groups is 3. The lowest BCUT2D eigenvalue weighted by Crippen LogP contribution is -2.38. The average Bonchev–Trinajstić information content (AvgIpc) is 3.52. The van der Waals surface area contributed by atoms with E-state index in [-0.39, 0.29) is 30.3 Å². The minimum Gasteiger partial charge on any atom is -0.481 e. The first-order valence-electron chi connectivity index (χ1n) is 14.4. The predicted octanol–water partition coefficient (Wildman–Crippen LogP) is 7.17. The molecule has 0 aromatic carbocycles. The molecule has 1 aromatic heterocycles. The van der Waals surface area contributed by atoms with E-state index in [1.165, 1.54) is 54.7 Å². The summed E-state index contributed by atoms with van der Waals surface area (Å²) in [5.41, 5.74) is 3.83. The second-order valence-corrected chi connectivity index (χ2v) is 12.3. The number of anilines is 1. The fraction of sp³-hybridized carbons (Fsp3) is 0.700. The fourth-order valence-corrected chi connectivity index (χ4v) is 8.39. The molecule has 0 aliphatic heterocycles. The van der Waals surface area contributed by atoms with E-state index in [2.05, 4.69) is 5.32 Å². The quantitative estimate of drug-likeness (QED) is 0.312. The Morgan fingerprint density at radius 2 is 1.46 bits per heavy atom. The smallest absolute Gasteiger partial charge is 0.341 e. The summed E-state index contributed by atoms with van der Waals surface area (Å²) < 4.78 is 5.46. The van der Waals surface area contributed by atoms with Gasteiger partial charge in [-0.05, 0) is 76.7 Å². The fourth-order valence-electron chi connectivity index (χ4n) is 7.11. The van der Waals surface area contributed by atoms with Crippen LogP contribution in [0.2, 0.25) is 0 Å². The molecular weight excluding hydrogens is 486 g/mol. The summed E-state index contributed by atoms with van der Waals surface area (Å²) in [7, 11) is 0. The van der Waals surface area contributed by atoms with Crippen molar-refractivity contribution in [3.8, 4) is 0 Å². The number of aryl methyl sites for hydroxylation is 1. The first-order valence-corrected chi connectivity index (χ1v) is 15.2. The standard InChI is InChI=1S/C30H43NO5S/c1-4-36-30(35)26-19-14-12-10-8-6-5-7-9-11-13-15-22(19)37-28(26)31-27(32)24-20-16-17-21(23(20)18(2)3)25(24)29(33)34/h20-21,24-25H,4-17H2,1-3H3,(H,31,32)(H,33,34)/t20-,21-,24-,25-/m0/s1. The zero-order valence-electron chi connectivity index (χ0n) is 22.7. The van der Waals surface area contributed by atoms with Crippen LogP contribution in [0.3, 0.4) is 0 Å². The van der Waals surface area contributed by atoms with E-state index >= 15 is 0 Å². The monoisotopic (exact) mass is 529 g/mol. The van der Waals surface area contributed by atoms with Gasteiger partial charge in [0.25, 0.3) is 0 Å². The van der Waals surface area contributed by atoms with E-state index in [4.69, 9.17) is 4.74 Å². The topological polar surface area (TPSA) is 92.7 Å². The summed E-state index contributed by atoms with van der Waals surface area (Å²) in [6.45, 7) is 6.12. The number of hydrogen-bond acceptors (Lipinski definition) is 5. The SMILES string of the molecule is CCOC(=O)c1c(NC(=O)[C@@H]2[C@@H](C(=O)O)[C@H]3CC[C@H]2C3=C(C)C)sc2c1CCCCCCCCCCC2. The number of allylic oxidation sites excluding steroid dienone is 2. The van der Waals surface area contributed by atoms with Crippen molar-refractivity contribution < 1.29 is 24.2 Å². The molecule has 3 aliphatic rings. The summed E-state index contributed by atoms with van der Waals surface area (Å²) in [5.74, 6) is -2.97. The van der Waals surface area contributed by atoms with Gasteiger partial charge in [0.1, 0.15) is 5.00 Å². The van der Waals surface area contributed by atoms with Crippen molar-refractivity contribution in [2.75, 3.05) is 11.9 Å². The summed E-state index contributed by atoms with van der Waals surface area (Å²) >= 11 is 1.50. The van der Waals surface area contributed by atoms with Crippen molar-refractivity contribution in [2.24, 2.45) is 23.7 Å². The van der Waals surface area contributed by atoms with E-state index in [1.807, 2.05) is 13.8 Å². The van der Waals surface area contributed by atoms with Crippen molar-refractivity contribution in [1.29, 1.82) is 0 Å². The number of carboxylic acid groups (broad SMARTS) is 1. The zero-order chi connectivity index (χ0) is 26.5. The number of rotatable bonds is 5. The first-order chi connectivity index (χ1) is 17.8. The molecule has 0 saturated heterocycles. The molecule has 2 saturated carbocycles. The number of ether oxygens (including phenoxy) is 1. The number of fused-ring (bicyclic) bond motifs is 3. The van der Waals surface area contributed by atoms with Gasteiger partial charge in [-0.25, -0.2) is 4.79 Å². The maximum absolute atomic E-state index is 13.8. The molecule has 4 atom stereocenters. The lowest BCUT2D eigenvalue weighted by Gasteiger charge is -2.26. The van der Waals surface area contributed by atoms with Gasteiger partial charge in [-0.3, -0.25) is 9.59 Å². The van der Waals surface area contributed by atoms with E-state index in [0.717, 1.165) is 61.7 Å². The highest BCUT2D eigenvalue weighted by Crippen LogP contribution is 2.57. The molecular formula is C30H43NO5S. The van der Waals surface area contributed by atoms with Gasteiger partial charge in [0.05, 0.1) is 24.0 Å². The maximum atomic E-state index is 13.8. The van der Waals surface area contributed by atoms with E-state index in [1.54, 1.807) is 6.92 Å². The number of thiophene rings is 1. The molecule has 2 N–H and O–H groups in total. The average molecular weight is 530 g/mol. The van der Waals surface area contributed by atoms with Gasteiger partial charge in [0.15, 0.2) is 0 Å². The summed E-state index contributed by atoms with van der Waals surface area (Å²) in [5, 5.41) is 13.7. The minimum absolute atomic E-state index is 0.0356.